The van der Waals surface area contributed by atoms with Crippen molar-refractivity contribution >= 4 is 33.6 Å². The van der Waals surface area contributed by atoms with Gasteiger partial charge in [0.25, 0.3) is 0 Å². The van der Waals surface area contributed by atoms with Crippen LogP contribution in [0.5, 0.6) is 0 Å². The fourth-order valence-corrected chi connectivity index (χ4v) is 3.17. The van der Waals surface area contributed by atoms with Gasteiger partial charge in [-0.3, -0.25) is 9.89 Å². The van der Waals surface area contributed by atoms with E-state index in [1.54, 1.807) is 11.8 Å². The van der Waals surface area contributed by atoms with Gasteiger partial charge in [-0.25, -0.2) is 4.98 Å². The summed E-state index contributed by atoms with van der Waals surface area (Å²) in [5.74, 6) is 1.22. The second kappa shape index (κ2) is 7.61. The number of carbonyl (C=O) groups is 1. The van der Waals surface area contributed by atoms with E-state index < -0.39 is 0 Å². The van der Waals surface area contributed by atoms with Gasteiger partial charge < -0.3 is 5.32 Å². The molecule has 0 unspecified atom stereocenters. The lowest BCUT2D eigenvalue weighted by Gasteiger charge is -2.09. The summed E-state index contributed by atoms with van der Waals surface area (Å²) in [5, 5.41) is 9.41. The van der Waals surface area contributed by atoms with Crippen LogP contribution in [-0.4, -0.2) is 33.4 Å². The van der Waals surface area contributed by atoms with Crippen LogP contribution in [0.3, 0.4) is 0 Å². The van der Waals surface area contributed by atoms with Gasteiger partial charge in [0.2, 0.25) is 5.91 Å². The Morgan fingerprint density at radius 3 is 2.90 bits per heavy atom. The smallest absolute Gasteiger partial charge is 0.230 e. The molecule has 1 amide bonds. The Hall–Kier alpha value is -1.34. The van der Waals surface area contributed by atoms with Crippen molar-refractivity contribution in [3.63, 3.8) is 0 Å². The number of aromatic nitrogens is 3. The predicted molar refractivity (Wildman–Crippen MR) is 87.4 cm³/mol. The third-order valence-corrected chi connectivity index (χ3v) is 4.98. The van der Waals surface area contributed by atoms with E-state index in [2.05, 4.69) is 48.6 Å². The van der Waals surface area contributed by atoms with Crippen LogP contribution in [-0.2, 0) is 11.2 Å². The van der Waals surface area contributed by atoms with Gasteiger partial charge in [-0.05, 0) is 37.1 Å². The van der Waals surface area contributed by atoms with Crippen molar-refractivity contribution in [1.29, 1.82) is 0 Å². The van der Waals surface area contributed by atoms with E-state index in [1.807, 2.05) is 13.8 Å². The van der Waals surface area contributed by atoms with Crippen molar-refractivity contribution in [3.05, 3.63) is 39.9 Å². The summed E-state index contributed by atoms with van der Waals surface area (Å²) in [6, 6.07) is 4.19. The first-order chi connectivity index (χ1) is 10.1. The maximum absolute atomic E-state index is 11.8. The summed E-state index contributed by atoms with van der Waals surface area (Å²) in [5.41, 5.74) is 2.35. The highest BCUT2D eigenvalue weighted by atomic mass is 79.9. The number of rotatable bonds is 6. The lowest BCUT2D eigenvalue weighted by molar-refractivity contribution is -0.118. The van der Waals surface area contributed by atoms with Gasteiger partial charge in [-0.1, -0.05) is 15.9 Å². The van der Waals surface area contributed by atoms with E-state index >= 15 is 0 Å². The number of halogens is 1. The highest BCUT2D eigenvalue weighted by Gasteiger charge is 2.07. The Labute approximate surface area is 136 Å². The first-order valence-corrected chi connectivity index (χ1v) is 8.34. The number of amides is 1. The maximum atomic E-state index is 11.8. The van der Waals surface area contributed by atoms with Crippen molar-refractivity contribution < 1.29 is 4.79 Å². The number of hydrogen-bond donors (Lipinski definition) is 2. The van der Waals surface area contributed by atoms with Gasteiger partial charge in [0.15, 0.2) is 0 Å². The molecule has 0 aliphatic rings. The molecule has 1 aromatic heterocycles. The monoisotopic (exact) mass is 368 g/mol. The van der Waals surface area contributed by atoms with E-state index in [9.17, 15) is 4.79 Å². The van der Waals surface area contributed by atoms with Gasteiger partial charge in [-0.15, -0.1) is 11.8 Å². The Kier molecular flexibility index (Phi) is 5.81. The first-order valence-electron chi connectivity index (χ1n) is 6.56. The largest absolute Gasteiger partial charge is 0.355 e. The molecule has 7 heteroatoms. The molecule has 0 aliphatic heterocycles. The summed E-state index contributed by atoms with van der Waals surface area (Å²) < 4.78 is 1.10. The molecule has 0 aliphatic carbocycles. The van der Waals surface area contributed by atoms with E-state index in [0.717, 1.165) is 15.2 Å². The first kappa shape index (κ1) is 16.0. The number of H-pyrrole nitrogens is 1. The van der Waals surface area contributed by atoms with Crippen molar-refractivity contribution in [2.75, 3.05) is 12.3 Å². The molecule has 2 aromatic rings. The lowest BCUT2D eigenvalue weighted by atomic mass is 10.2. The van der Waals surface area contributed by atoms with E-state index in [4.69, 9.17) is 0 Å². The highest BCUT2D eigenvalue weighted by Crippen LogP contribution is 2.28. The number of aryl methyl sites for hydroxylation is 2. The second-order valence-electron chi connectivity index (χ2n) is 4.69. The molecule has 2 N–H and O–H groups in total. The minimum Gasteiger partial charge on any atom is -0.355 e. The van der Waals surface area contributed by atoms with Gasteiger partial charge >= 0.3 is 0 Å². The number of nitrogens with one attached hydrogen (secondary N) is 2. The number of thioether (sulfide) groups is 1. The number of nitrogens with zero attached hydrogens (tertiary/aromatic N) is 2. The molecule has 0 radical (unpaired) electrons. The number of benzene rings is 1. The van der Waals surface area contributed by atoms with Crippen LogP contribution >= 0.6 is 27.7 Å². The molecule has 5 nitrogen and oxygen atoms in total. The zero-order valence-electron chi connectivity index (χ0n) is 11.9. The van der Waals surface area contributed by atoms with Crippen LogP contribution in [0, 0.1) is 13.8 Å². The summed E-state index contributed by atoms with van der Waals surface area (Å²) >= 11 is 5.07. The molecule has 0 saturated carbocycles. The number of carbonyl (C=O) groups excluding carboxylic acids is 1. The van der Waals surface area contributed by atoms with Gasteiger partial charge in [-0.2, -0.15) is 5.10 Å². The molecule has 1 aromatic carbocycles. The summed E-state index contributed by atoms with van der Waals surface area (Å²) in [7, 11) is 0. The van der Waals surface area contributed by atoms with Crippen LogP contribution in [0.15, 0.2) is 27.8 Å². The number of aromatic amines is 1. The summed E-state index contributed by atoms with van der Waals surface area (Å²) in [6.07, 6.45) is 2.12. The van der Waals surface area contributed by atoms with Crippen molar-refractivity contribution in [2.24, 2.45) is 0 Å². The Balaban J connectivity index is 1.77. The van der Waals surface area contributed by atoms with Crippen molar-refractivity contribution in [1.82, 2.24) is 20.5 Å². The van der Waals surface area contributed by atoms with Crippen LogP contribution < -0.4 is 5.32 Å². The third kappa shape index (κ3) is 4.86. The topological polar surface area (TPSA) is 70.7 Å². The lowest BCUT2D eigenvalue weighted by Crippen LogP contribution is -2.27. The van der Waals surface area contributed by atoms with Crippen LogP contribution in [0.1, 0.15) is 17.0 Å². The molecular weight excluding hydrogens is 352 g/mol. The molecule has 0 saturated heterocycles. The fourth-order valence-electron chi connectivity index (χ4n) is 1.78. The Bertz CT molecular complexity index is 616. The minimum atomic E-state index is 0.0273. The van der Waals surface area contributed by atoms with Crippen LogP contribution in [0.25, 0.3) is 0 Å². The molecule has 1 heterocycles. The van der Waals surface area contributed by atoms with E-state index in [1.165, 1.54) is 17.5 Å². The molecule has 0 fully saturated rings. The number of hydrogen-bond acceptors (Lipinski definition) is 4. The predicted octanol–water partition coefficient (Wildman–Crippen LogP) is 2.64. The second-order valence-corrected chi connectivity index (χ2v) is 6.56. The third-order valence-electron chi connectivity index (χ3n) is 2.96. The van der Waals surface area contributed by atoms with Gasteiger partial charge in [0, 0.05) is 22.3 Å². The average Bonchev–Trinajstić information content (AvgIpc) is 2.94. The van der Waals surface area contributed by atoms with Gasteiger partial charge in [0.05, 0.1) is 5.75 Å². The normalized spacial score (nSPS) is 10.6. The van der Waals surface area contributed by atoms with Crippen LogP contribution in [0.2, 0.25) is 0 Å². The van der Waals surface area contributed by atoms with Crippen molar-refractivity contribution in [3.8, 4) is 0 Å². The molecule has 21 heavy (non-hydrogen) atoms. The van der Waals surface area contributed by atoms with E-state index in [-0.39, 0.29) is 5.91 Å². The molecule has 2 rings (SSSR count). The Morgan fingerprint density at radius 2 is 2.19 bits per heavy atom. The van der Waals surface area contributed by atoms with Crippen molar-refractivity contribution in [2.45, 2.75) is 25.2 Å². The summed E-state index contributed by atoms with van der Waals surface area (Å²) in [4.78, 5) is 17.0. The zero-order chi connectivity index (χ0) is 15.2. The van der Waals surface area contributed by atoms with Crippen LogP contribution in [0.4, 0.5) is 0 Å². The average molecular weight is 369 g/mol. The van der Waals surface area contributed by atoms with Gasteiger partial charge in [0.1, 0.15) is 12.2 Å². The SMILES string of the molecule is Cc1cc(SCC(=O)NCCc2ncn[nH]2)c(C)cc1Br. The minimum absolute atomic E-state index is 0.0273. The van der Waals surface area contributed by atoms with E-state index in [0.29, 0.717) is 18.7 Å². The molecule has 0 atom stereocenters. The maximum Gasteiger partial charge on any atom is 0.230 e. The highest BCUT2D eigenvalue weighted by molar-refractivity contribution is 9.10. The molecule has 112 valence electrons. The molecule has 0 spiro atoms. The summed E-state index contributed by atoms with van der Waals surface area (Å²) in [6.45, 7) is 4.66. The quantitative estimate of drug-likeness (QED) is 0.768. The molecule has 0 bridgehead atoms. The fraction of sp³-hybridized carbons (Fsp3) is 0.357. The zero-order valence-corrected chi connectivity index (χ0v) is 14.3. The Morgan fingerprint density at radius 1 is 1.38 bits per heavy atom. The standard InChI is InChI=1S/C14H17BrN4OS/c1-9-6-12(10(2)5-11(9)15)21-7-14(20)16-4-3-13-17-8-18-19-13/h5-6,8H,3-4,7H2,1-2H3,(H,16,20)(H,17,18,19). The molecular formula is C14H17BrN4OS.